The van der Waals surface area contributed by atoms with Crippen molar-refractivity contribution >= 4 is 16.9 Å². The number of aromatic nitrogens is 2. The number of hydrogen-bond acceptors (Lipinski definition) is 3. The minimum atomic E-state index is -0.196. The Hall–Kier alpha value is -2.73. The molecule has 0 unspecified atom stereocenters. The predicted octanol–water partition coefficient (Wildman–Crippen LogP) is 3.33. The first kappa shape index (κ1) is 18.3. The molecule has 3 aromatic rings. The second-order valence-electron chi connectivity index (χ2n) is 8.34. The van der Waals surface area contributed by atoms with Crippen molar-refractivity contribution in [1.82, 2.24) is 19.4 Å². The van der Waals surface area contributed by atoms with Gasteiger partial charge in [-0.1, -0.05) is 24.3 Å². The fourth-order valence-corrected chi connectivity index (χ4v) is 5.22. The first-order valence-electron chi connectivity index (χ1n) is 10.2. The average Bonchev–Trinajstić information content (AvgIpc) is 3.38. The number of aryl methyl sites for hydroxylation is 1. The van der Waals surface area contributed by atoms with Gasteiger partial charge in [-0.05, 0) is 42.8 Å². The van der Waals surface area contributed by atoms with Gasteiger partial charge in [-0.25, -0.2) is 9.37 Å². The van der Waals surface area contributed by atoms with Crippen molar-refractivity contribution in [2.24, 2.45) is 11.8 Å². The molecule has 2 aliphatic rings. The summed E-state index contributed by atoms with van der Waals surface area (Å²) in [6, 6.07) is 15.1. The number of fused-ring (bicyclic) bond motifs is 2. The fraction of sp³-hybridized carbons (Fsp3) is 0.391. The van der Waals surface area contributed by atoms with E-state index in [2.05, 4.69) is 16.9 Å². The van der Waals surface area contributed by atoms with Crippen LogP contribution in [-0.2, 0) is 11.3 Å². The molecule has 2 aromatic carbocycles. The summed E-state index contributed by atoms with van der Waals surface area (Å²) in [5.41, 5.74) is 3.03. The third-order valence-corrected chi connectivity index (χ3v) is 6.53. The SMILES string of the molecule is CN1C[C@H]2CN(C(=O)CCn3cnc4ccccc43)C[C@H]2[C@@H]1c1cccc(F)c1. The monoisotopic (exact) mass is 392 g/mol. The molecular formula is C23H25FN4O. The molecule has 150 valence electrons. The fourth-order valence-electron chi connectivity index (χ4n) is 5.22. The molecule has 0 N–H and O–H groups in total. The van der Waals surface area contributed by atoms with Gasteiger partial charge in [0.05, 0.1) is 17.4 Å². The van der Waals surface area contributed by atoms with Gasteiger partial charge in [0, 0.05) is 44.6 Å². The average molecular weight is 392 g/mol. The molecule has 2 aliphatic heterocycles. The third-order valence-electron chi connectivity index (χ3n) is 6.53. The number of halogens is 1. The zero-order chi connectivity index (χ0) is 20.0. The zero-order valence-electron chi connectivity index (χ0n) is 16.5. The van der Waals surface area contributed by atoms with Crippen LogP contribution in [0.5, 0.6) is 0 Å². The molecule has 5 nitrogen and oxygen atoms in total. The highest BCUT2D eigenvalue weighted by atomic mass is 19.1. The van der Waals surface area contributed by atoms with Gasteiger partial charge < -0.3 is 9.47 Å². The van der Waals surface area contributed by atoms with Gasteiger partial charge in [0.25, 0.3) is 0 Å². The van der Waals surface area contributed by atoms with E-state index in [1.54, 1.807) is 12.1 Å². The molecule has 0 spiro atoms. The zero-order valence-corrected chi connectivity index (χ0v) is 16.5. The highest BCUT2D eigenvalue weighted by Crippen LogP contribution is 2.44. The van der Waals surface area contributed by atoms with Crippen molar-refractivity contribution in [3.63, 3.8) is 0 Å². The van der Waals surface area contributed by atoms with Crippen molar-refractivity contribution in [3.05, 3.63) is 66.2 Å². The van der Waals surface area contributed by atoms with E-state index < -0.39 is 0 Å². The van der Waals surface area contributed by atoms with Crippen molar-refractivity contribution < 1.29 is 9.18 Å². The molecule has 2 saturated heterocycles. The second kappa shape index (κ2) is 7.26. The van der Waals surface area contributed by atoms with Crippen LogP contribution in [0.2, 0.25) is 0 Å². The molecule has 2 fully saturated rings. The van der Waals surface area contributed by atoms with Gasteiger partial charge in [0.2, 0.25) is 5.91 Å². The van der Waals surface area contributed by atoms with E-state index in [-0.39, 0.29) is 17.8 Å². The minimum absolute atomic E-state index is 0.172. The lowest BCUT2D eigenvalue weighted by atomic mass is 9.89. The number of para-hydroxylation sites is 2. The molecule has 0 bridgehead atoms. The van der Waals surface area contributed by atoms with Crippen LogP contribution in [0.3, 0.4) is 0 Å². The van der Waals surface area contributed by atoms with Crippen LogP contribution in [0.15, 0.2) is 54.9 Å². The highest BCUT2D eigenvalue weighted by Gasteiger charge is 2.47. The Balaban J connectivity index is 1.26. The van der Waals surface area contributed by atoms with Crippen LogP contribution in [0.25, 0.3) is 11.0 Å². The molecule has 0 radical (unpaired) electrons. The minimum Gasteiger partial charge on any atom is -0.342 e. The van der Waals surface area contributed by atoms with Crippen LogP contribution in [-0.4, -0.2) is 51.9 Å². The standard InChI is InChI=1S/C23H25FN4O/c1-26-12-17-13-28(14-19(17)23(26)16-5-4-6-18(24)11-16)22(29)9-10-27-15-25-20-7-2-3-8-21(20)27/h2-8,11,15,17,19,23H,9-10,12-14H2,1H3/t17-,19+,23-/m0/s1. The van der Waals surface area contributed by atoms with Crippen molar-refractivity contribution in [2.45, 2.75) is 19.0 Å². The van der Waals surface area contributed by atoms with E-state index in [0.717, 1.165) is 36.2 Å². The van der Waals surface area contributed by atoms with Gasteiger partial charge >= 0.3 is 0 Å². The summed E-state index contributed by atoms with van der Waals surface area (Å²) in [6.07, 6.45) is 2.28. The van der Waals surface area contributed by atoms with Gasteiger partial charge in [-0.15, -0.1) is 0 Å². The summed E-state index contributed by atoms with van der Waals surface area (Å²) in [5.74, 6) is 0.807. The molecule has 0 aliphatic carbocycles. The number of rotatable bonds is 4. The lowest BCUT2D eigenvalue weighted by molar-refractivity contribution is -0.130. The number of hydrogen-bond donors (Lipinski definition) is 0. The molecule has 1 aromatic heterocycles. The van der Waals surface area contributed by atoms with E-state index in [9.17, 15) is 9.18 Å². The van der Waals surface area contributed by atoms with E-state index in [0.29, 0.717) is 24.8 Å². The number of likely N-dealkylation sites (tertiary alicyclic amines) is 2. The topological polar surface area (TPSA) is 41.4 Å². The van der Waals surface area contributed by atoms with Crippen LogP contribution < -0.4 is 0 Å². The number of imidazole rings is 1. The molecule has 29 heavy (non-hydrogen) atoms. The maximum Gasteiger partial charge on any atom is 0.224 e. The molecular weight excluding hydrogens is 367 g/mol. The van der Waals surface area contributed by atoms with E-state index >= 15 is 0 Å². The first-order chi connectivity index (χ1) is 14.1. The van der Waals surface area contributed by atoms with E-state index in [4.69, 9.17) is 0 Å². The number of carbonyl (C=O) groups excluding carboxylic acids is 1. The van der Waals surface area contributed by atoms with E-state index in [1.165, 1.54) is 6.07 Å². The number of amides is 1. The number of benzene rings is 2. The maximum atomic E-state index is 13.8. The van der Waals surface area contributed by atoms with Crippen LogP contribution >= 0.6 is 0 Å². The van der Waals surface area contributed by atoms with Crippen molar-refractivity contribution in [2.75, 3.05) is 26.7 Å². The Labute approximate surface area is 169 Å². The Morgan fingerprint density at radius 3 is 2.86 bits per heavy atom. The quantitative estimate of drug-likeness (QED) is 0.684. The molecule has 3 heterocycles. The highest BCUT2D eigenvalue weighted by molar-refractivity contribution is 5.78. The maximum absolute atomic E-state index is 13.8. The summed E-state index contributed by atoms with van der Waals surface area (Å²) in [4.78, 5) is 21.6. The van der Waals surface area contributed by atoms with Gasteiger partial charge in [-0.2, -0.15) is 0 Å². The van der Waals surface area contributed by atoms with Crippen LogP contribution in [0, 0.1) is 17.7 Å². The smallest absolute Gasteiger partial charge is 0.224 e. The number of nitrogens with zero attached hydrogens (tertiary/aromatic N) is 4. The van der Waals surface area contributed by atoms with Gasteiger partial charge in [-0.3, -0.25) is 9.69 Å². The van der Waals surface area contributed by atoms with E-state index in [1.807, 2.05) is 46.1 Å². The predicted molar refractivity (Wildman–Crippen MR) is 110 cm³/mol. The molecule has 6 heteroatoms. The normalized spacial score (nSPS) is 24.3. The molecule has 3 atom stereocenters. The first-order valence-corrected chi connectivity index (χ1v) is 10.2. The molecule has 5 rings (SSSR count). The lowest BCUT2D eigenvalue weighted by Gasteiger charge is -2.27. The Morgan fingerprint density at radius 2 is 2.00 bits per heavy atom. The van der Waals surface area contributed by atoms with Crippen LogP contribution in [0.1, 0.15) is 18.0 Å². The number of carbonyl (C=O) groups is 1. The summed E-state index contributed by atoms with van der Waals surface area (Å²) in [5, 5.41) is 0. The van der Waals surface area contributed by atoms with Gasteiger partial charge in [0.1, 0.15) is 5.82 Å². The van der Waals surface area contributed by atoms with Gasteiger partial charge in [0.15, 0.2) is 0 Å². The molecule has 1 amide bonds. The Kier molecular flexibility index (Phi) is 4.59. The molecule has 0 saturated carbocycles. The second-order valence-corrected chi connectivity index (χ2v) is 8.34. The summed E-state index contributed by atoms with van der Waals surface area (Å²) < 4.78 is 15.8. The third kappa shape index (κ3) is 3.31. The summed E-state index contributed by atoms with van der Waals surface area (Å²) in [7, 11) is 2.10. The summed E-state index contributed by atoms with van der Waals surface area (Å²) >= 11 is 0. The van der Waals surface area contributed by atoms with Crippen LogP contribution in [0.4, 0.5) is 4.39 Å². The van der Waals surface area contributed by atoms with Crippen molar-refractivity contribution in [3.8, 4) is 0 Å². The summed E-state index contributed by atoms with van der Waals surface area (Å²) in [6.45, 7) is 3.13. The lowest BCUT2D eigenvalue weighted by Crippen LogP contribution is -2.33. The largest absolute Gasteiger partial charge is 0.342 e. The van der Waals surface area contributed by atoms with Crippen molar-refractivity contribution in [1.29, 1.82) is 0 Å². The Morgan fingerprint density at radius 1 is 1.14 bits per heavy atom. The Bertz CT molecular complexity index is 1050.